The maximum Gasteiger partial charge on any atom is 0.306 e. The normalized spacial score (nSPS) is 17.7. The molecule has 44 heavy (non-hydrogen) atoms. The molecule has 1 aliphatic heterocycles. The Hall–Kier alpha value is -3.66. The highest BCUT2D eigenvalue weighted by atomic mass is 32.3. The van der Waals surface area contributed by atoms with E-state index in [2.05, 4.69) is 5.32 Å². The summed E-state index contributed by atoms with van der Waals surface area (Å²) in [6.07, 6.45) is 4.89. The molecule has 0 saturated heterocycles. The standard InChI is InChI=1S/C35H42N2O6S/c1-23-25(20-21-31(38)43-35(2,3)4)12-9-14-29(23)36-33(39)32(26-10-5-6-11-26)27-18-16-24(17-19-27)22-37-34(40)28-13-7-8-15-30(28)44(37,41)42/h7-9,12-19,26,32,41-42H,5-6,10-11,20-22H2,1-4H3,(H,36,39). The molecule has 1 aliphatic carbocycles. The van der Waals surface area contributed by atoms with Crippen molar-refractivity contribution >= 4 is 34.2 Å². The van der Waals surface area contributed by atoms with E-state index in [0.29, 0.717) is 12.0 Å². The van der Waals surface area contributed by atoms with Crippen LogP contribution in [0.2, 0.25) is 0 Å². The Labute approximate surface area is 261 Å². The van der Waals surface area contributed by atoms with Crippen LogP contribution in [0.25, 0.3) is 0 Å². The fourth-order valence-electron chi connectivity index (χ4n) is 6.27. The molecule has 3 N–H and O–H groups in total. The third kappa shape index (κ3) is 6.85. The van der Waals surface area contributed by atoms with Gasteiger partial charge in [-0.1, -0.05) is 72.1 Å². The van der Waals surface area contributed by atoms with Gasteiger partial charge in [0.25, 0.3) is 5.91 Å². The molecule has 9 heteroatoms. The number of carbonyl (C=O) groups is 3. The van der Waals surface area contributed by atoms with Crippen LogP contribution in [-0.4, -0.2) is 36.8 Å². The number of rotatable bonds is 9. The molecule has 0 spiro atoms. The summed E-state index contributed by atoms with van der Waals surface area (Å²) in [5.74, 6) is -0.875. The van der Waals surface area contributed by atoms with E-state index in [9.17, 15) is 23.5 Å². The molecule has 0 radical (unpaired) electrons. The van der Waals surface area contributed by atoms with Crippen LogP contribution >= 0.6 is 10.8 Å². The molecule has 1 saturated carbocycles. The first-order valence-electron chi connectivity index (χ1n) is 15.2. The molecule has 5 rings (SSSR count). The molecular formula is C35H42N2O6S. The minimum Gasteiger partial charge on any atom is -0.460 e. The van der Waals surface area contributed by atoms with Crippen LogP contribution in [0.5, 0.6) is 0 Å². The molecule has 1 atom stereocenters. The van der Waals surface area contributed by atoms with Crippen LogP contribution in [0.4, 0.5) is 5.69 Å². The van der Waals surface area contributed by atoms with Gasteiger partial charge >= 0.3 is 5.97 Å². The third-order valence-corrected chi connectivity index (χ3v) is 10.3. The average molecular weight is 619 g/mol. The smallest absolute Gasteiger partial charge is 0.306 e. The van der Waals surface area contributed by atoms with Crippen molar-refractivity contribution in [1.82, 2.24) is 4.31 Å². The maximum absolute atomic E-state index is 13.9. The molecule has 1 unspecified atom stereocenters. The SMILES string of the molecule is Cc1c(CCC(=O)OC(C)(C)C)cccc1NC(=O)C(c1ccc(CN2C(=O)c3ccccc3S2(O)O)cc1)C1CCCC1. The summed E-state index contributed by atoms with van der Waals surface area (Å²) >= 11 is 0. The highest BCUT2D eigenvalue weighted by molar-refractivity contribution is 8.23. The van der Waals surface area contributed by atoms with E-state index in [-0.39, 0.29) is 41.6 Å². The van der Waals surface area contributed by atoms with Gasteiger partial charge in [-0.2, -0.15) is 0 Å². The van der Waals surface area contributed by atoms with Gasteiger partial charge in [0.15, 0.2) is 0 Å². The first-order chi connectivity index (χ1) is 20.8. The maximum atomic E-state index is 13.9. The Balaban J connectivity index is 1.31. The number of ether oxygens (including phenoxy) is 1. The summed E-state index contributed by atoms with van der Waals surface area (Å²) < 4.78 is 28.3. The zero-order valence-corrected chi connectivity index (χ0v) is 26.7. The van der Waals surface area contributed by atoms with Crippen LogP contribution < -0.4 is 5.32 Å². The minimum absolute atomic E-state index is 0.0473. The van der Waals surface area contributed by atoms with Gasteiger partial charge in [0.1, 0.15) is 5.60 Å². The van der Waals surface area contributed by atoms with Gasteiger partial charge in [0, 0.05) is 12.1 Å². The fourth-order valence-corrected chi connectivity index (χ4v) is 7.87. The lowest BCUT2D eigenvalue weighted by atomic mass is 9.83. The van der Waals surface area contributed by atoms with Gasteiger partial charge in [0.05, 0.1) is 22.9 Å². The summed E-state index contributed by atoms with van der Waals surface area (Å²) in [5.41, 5.74) is 4.06. The lowest BCUT2D eigenvalue weighted by Crippen LogP contribution is -2.28. The number of anilines is 1. The highest BCUT2D eigenvalue weighted by Crippen LogP contribution is 2.59. The van der Waals surface area contributed by atoms with Crippen LogP contribution in [0, 0.1) is 12.8 Å². The fraction of sp³-hybridized carbons (Fsp3) is 0.400. The lowest BCUT2D eigenvalue weighted by Gasteiger charge is -2.37. The largest absolute Gasteiger partial charge is 0.460 e. The van der Waals surface area contributed by atoms with Crippen LogP contribution in [0.15, 0.2) is 71.6 Å². The summed E-state index contributed by atoms with van der Waals surface area (Å²) in [6, 6.07) is 19.9. The van der Waals surface area contributed by atoms with Gasteiger partial charge in [-0.25, -0.2) is 4.31 Å². The predicted octanol–water partition coefficient (Wildman–Crippen LogP) is 7.86. The zero-order chi connectivity index (χ0) is 31.6. The van der Waals surface area contributed by atoms with Gasteiger partial charge in [-0.15, -0.1) is 0 Å². The molecule has 3 aromatic carbocycles. The van der Waals surface area contributed by atoms with Gasteiger partial charge in [-0.05, 0) is 93.3 Å². The zero-order valence-electron chi connectivity index (χ0n) is 25.8. The minimum atomic E-state index is -3.41. The van der Waals surface area contributed by atoms with Crippen LogP contribution in [0.3, 0.4) is 0 Å². The van der Waals surface area contributed by atoms with Crippen molar-refractivity contribution in [1.29, 1.82) is 0 Å². The lowest BCUT2D eigenvalue weighted by molar-refractivity contribution is -0.154. The van der Waals surface area contributed by atoms with Crippen molar-refractivity contribution < 1.29 is 28.2 Å². The predicted molar refractivity (Wildman–Crippen MR) is 173 cm³/mol. The number of hydrogen-bond acceptors (Lipinski definition) is 6. The molecule has 3 aromatic rings. The average Bonchev–Trinajstić information content (AvgIpc) is 3.56. The van der Waals surface area contributed by atoms with Crippen molar-refractivity contribution in [2.75, 3.05) is 5.32 Å². The van der Waals surface area contributed by atoms with E-state index in [1.54, 1.807) is 24.3 Å². The Kier molecular flexibility index (Phi) is 9.20. The van der Waals surface area contributed by atoms with E-state index in [1.807, 2.05) is 70.2 Å². The quantitative estimate of drug-likeness (QED) is 0.210. The van der Waals surface area contributed by atoms with Crippen molar-refractivity contribution in [2.45, 2.75) is 89.2 Å². The third-order valence-electron chi connectivity index (χ3n) is 8.49. The molecule has 8 nitrogen and oxygen atoms in total. The van der Waals surface area contributed by atoms with Gasteiger partial charge < -0.3 is 10.1 Å². The van der Waals surface area contributed by atoms with E-state index in [0.717, 1.165) is 57.9 Å². The first-order valence-corrected chi connectivity index (χ1v) is 16.7. The topological polar surface area (TPSA) is 116 Å². The number of nitrogens with zero attached hydrogens (tertiary/aromatic N) is 1. The van der Waals surface area contributed by atoms with Crippen LogP contribution in [0.1, 0.15) is 91.4 Å². The molecule has 2 aliphatic rings. The van der Waals surface area contributed by atoms with E-state index in [1.165, 1.54) is 0 Å². The number of benzene rings is 3. The summed E-state index contributed by atoms with van der Waals surface area (Å²) in [4.78, 5) is 39.4. The van der Waals surface area contributed by atoms with Gasteiger partial charge in [-0.3, -0.25) is 23.5 Å². The Morgan fingerprint density at radius 1 is 1.00 bits per heavy atom. The second-order valence-electron chi connectivity index (χ2n) is 12.8. The second-order valence-corrected chi connectivity index (χ2v) is 14.7. The van der Waals surface area contributed by atoms with Crippen molar-refractivity contribution in [3.63, 3.8) is 0 Å². The summed E-state index contributed by atoms with van der Waals surface area (Å²) in [5, 5.41) is 3.18. The first kappa shape index (κ1) is 31.8. The number of nitrogens with one attached hydrogen (secondary N) is 1. The monoisotopic (exact) mass is 618 g/mol. The number of esters is 1. The Morgan fingerprint density at radius 2 is 1.68 bits per heavy atom. The van der Waals surface area contributed by atoms with E-state index in [4.69, 9.17) is 4.74 Å². The van der Waals surface area contributed by atoms with Crippen LogP contribution in [-0.2, 0) is 27.3 Å². The van der Waals surface area contributed by atoms with Crippen molar-refractivity contribution in [3.05, 3.63) is 94.5 Å². The number of fused-ring (bicyclic) bond motifs is 1. The van der Waals surface area contributed by atoms with E-state index < -0.39 is 22.3 Å². The summed E-state index contributed by atoms with van der Waals surface area (Å²) in [7, 11) is -3.41. The Morgan fingerprint density at radius 3 is 2.34 bits per heavy atom. The molecule has 1 fully saturated rings. The van der Waals surface area contributed by atoms with Gasteiger partial charge in [0.2, 0.25) is 5.91 Å². The second kappa shape index (κ2) is 12.8. The molecule has 0 aromatic heterocycles. The molecule has 234 valence electrons. The molecule has 1 heterocycles. The van der Waals surface area contributed by atoms with Crippen molar-refractivity contribution in [2.24, 2.45) is 5.92 Å². The van der Waals surface area contributed by atoms with Crippen molar-refractivity contribution in [3.8, 4) is 0 Å². The number of carbonyl (C=O) groups excluding carboxylic acids is 3. The molecular weight excluding hydrogens is 576 g/mol. The number of amides is 2. The molecule has 0 bridgehead atoms. The Bertz CT molecular complexity index is 1540. The number of hydrogen-bond donors (Lipinski definition) is 3. The van der Waals surface area contributed by atoms with E-state index >= 15 is 0 Å². The highest BCUT2D eigenvalue weighted by Gasteiger charge is 2.41. The molecule has 2 amide bonds. The summed E-state index contributed by atoms with van der Waals surface area (Å²) in [6.45, 7) is 7.56. The number of aryl methyl sites for hydroxylation is 1.